The van der Waals surface area contributed by atoms with Crippen LogP contribution in [0.1, 0.15) is 6.42 Å². The molecule has 0 atom stereocenters. The van der Waals surface area contributed by atoms with Gasteiger partial charge in [-0.05, 0) is 34.5 Å². The highest BCUT2D eigenvalue weighted by atomic mass is 79.9. The summed E-state index contributed by atoms with van der Waals surface area (Å²) in [6, 6.07) is 3.40. The highest BCUT2D eigenvalue weighted by Gasteiger charge is 2.25. The molecule has 0 radical (unpaired) electrons. The SMILES string of the molecule is O=S(=O)(c1ccc(Br)s1)N1CC=CCC1. The monoisotopic (exact) mass is 307 g/mol. The van der Waals surface area contributed by atoms with E-state index in [1.807, 2.05) is 12.2 Å². The molecule has 6 heteroatoms. The number of rotatable bonds is 2. The third kappa shape index (κ3) is 2.33. The molecule has 2 rings (SSSR count). The van der Waals surface area contributed by atoms with Crippen molar-refractivity contribution >= 4 is 37.3 Å². The molecule has 0 saturated heterocycles. The number of thiophene rings is 1. The number of halogens is 1. The molecular weight excluding hydrogens is 298 g/mol. The lowest BCUT2D eigenvalue weighted by molar-refractivity contribution is 0.439. The molecule has 0 aromatic carbocycles. The molecule has 2 heterocycles. The Labute approximate surface area is 102 Å². The summed E-state index contributed by atoms with van der Waals surface area (Å²) < 4.78 is 26.9. The van der Waals surface area contributed by atoms with Crippen LogP contribution in [0.25, 0.3) is 0 Å². The molecule has 0 amide bonds. The van der Waals surface area contributed by atoms with Gasteiger partial charge in [0.05, 0.1) is 3.79 Å². The van der Waals surface area contributed by atoms with Crippen LogP contribution in [0.15, 0.2) is 32.3 Å². The van der Waals surface area contributed by atoms with Gasteiger partial charge in [-0.25, -0.2) is 8.42 Å². The van der Waals surface area contributed by atoms with E-state index in [1.54, 1.807) is 12.1 Å². The van der Waals surface area contributed by atoms with E-state index in [2.05, 4.69) is 15.9 Å². The topological polar surface area (TPSA) is 37.4 Å². The highest BCUT2D eigenvalue weighted by Crippen LogP contribution is 2.28. The summed E-state index contributed by atoms with van der Waals surface area (Å²) in [5.41, 5.74) is 0. The maximum Gasteiger partial charge on any atom is 0.252 e. The van der Waals surface area contributed by atoms with Crippen molar-refractivity contribution in [2.24, 2.45) is 0 Å². The van der Waals surface area contributed by atoms with E-state index in [0.717, 1.165) is 10.2 Å². The quantitative estimate of drug-likeness (QED) is 0.787. The predicted octanol–water partition coefficient (Wildman–Crippen LogP) is 2.46. The Kier molecular flexibility index (Phi) is 3.30. The van der Waals surface area contributed by atoms with Crippen LogP contribution in [0.5, 0.6) is 0 Å². The zero-order chi connectivity index (χ0) is 10.9. The smallest absolute Gasteiger partial charge is 0.206 e. The summed E-state index contributed by atoms with van der Waals surface area (Å²) in [5, 5.41) is 0. The first-order chi connectivity index (χ1) is 7.10. The molecule has 0 aliphatic carbocycles. The summed E-state index contributed by atoms with van der Waals surface area (Å²) in [5.74, 6) is 0. The average molecular weight is 308 g/mol. The third-order valence-corrected chi connectivity index (χ3v) is 6.12. The van der Waals surface area contributed by atoms with E-state index in [-0.39, 0.29) is 0 Å². The van der Waals surface area contributed by atoms with Gasteiger partial charge in [-0.3, -0.25) is 0 Å². The number of sulfonamides is 1. The standard InChI is InChI=1S/C9H10BrNO2S2/c10-8-4-5-9(14-8)15(12,13)11-6-2-1-3-7-11/h1-2,4-5H,3,6-7H2. The van der Waals surface area contributed by atoms with Gasteiger partial charge in [0.1, 0.15) is 4.21 Å². The van der Waals surface area contributed by atoms with Crippen LogP contribution in [0, 0.1) is 0 Å². The minimum absolute atomic E-state index is 0.407. The first-order valence-corrected chi connectivity index (χ1v) is 7.56. The zero-order valence-corrected chi connectivity index (χ0v) is 11.1. The van der Waals surface area contributed by atoms with Crippen LogP contribution in [0.3, 0.4) is 0 Å². The Hall–Kier alpha value is -0.170. The molecule has 0 spiro atoms. The molecule has 82 valence electrons. The van der Waals surface area contributed by atoms with Crippen molar-refractivity contribution in [3.63, 3.8) is 0 Å². The fourth-order valence-corrected chi connectivity index (χ4v) is 4.97. The molecule has 1 aromatic rings. The predicted molar refractivity (Wildman–Crippen MR) is 64.5 cm³/mol. The van der Waals surface area contributed by atoms with Crippen LogP contribution in [0.2, 0.25) is 0 Å². The van der Waals surface area contributed by atoms with Crippen molar-refractivity contribution in [2.75, 3.05) is 13.1 Å². The third-order valence-electron chi connectivity index (χ3n) is 2.16. The first kappa shape index (κ1) is 11.3. The Morgan fingerprint density at radius 3 is 2.67 bits per heavy atom. The molecule has 3 nitrogen and oxygen atoms in total. The number of hydrogen-bond donors (Lipinski definition) is 0. The second-order valence-corrected chi connectivity index (χ2v) is 7.81. The van der Waals surface area contributed by atoms with Gasteiger partial charge in [0.25, 0.3) is 10.0 Å². The second-order valence-electron chi connectivity index (χ2n) is 3.18. The molecule has 0 bridgehead atoms. The van der Waals surface area contributed by atoms with Crippen LogP contribution in [0.4, 0.5) is 0 Å². The first-order valence-electron chi connectivity index (χ1n) is 4.51. The molecule has 0 unspecified atom stereocenters. The summed E-state index contributed by atoms with van der Waals surface area (Å²) in [7, 11) is -3.27. The molecule has 1 aromatic heterocycles. The van der Waals surface area contributed by atoms with E-state index in [4.69, 9.17) is 0 Å². The van der Waals surface area contributed by atoms with E-state index in [1.165, 1.54) is 15.6 Å². The molecule has 0 N–H and O–H groups in total. The van der Waals surface area contributed by atoms with E-state index >= 15 is 0 Å². The molecule has 0 saturated carbocycles. The number of hydrogen-bond acceptors (Lipinski definition) is 3. The minimum atomic E-state index is -3.27. The maximum atomic E-state index is 12.1. The molecule has 1 aliphatic rings. The van der Waals surface area contributed by atoms with Crippen LogP contribution in [-0.2, 0) is 10.0 Å². The summed E-state index contributed by atoms with van der Waals surface area (Å²) in [6.07, 6.45) is 4.70. The average Bonchev–Trinajstić information content (AvgIpc) is 2.67. The Morgan fingerprint density at radius 1 is 1.33 bits per heavy atom. The van der Waals surface area contributed by atoms with Gasteiger partial charge in [-0.1, -0.05) is 12.2 Å². The van der Waals surface area contributed by atoms with Gasteiger partial charge < -0.3 is 0 Å². The van der Waals surface area contributed by atoms with Crippen LogP contribution >= 0.6 is 27.3 Å². The van der Waals surface area contributed by atoms with Gasteiger partial charge in [-0.15, -0.1) is 11.3 Å². The second kappa shape index (κ2) is 4.37. The van der Waals surface area contributed by atoms with Crippen molar-refractivity contribution in [3.05, 3.63) is 28.1 Å². The van der Waals surface area contributed by atoms with Gasteiger partial charge in [-0.2, -0.15) is 4.31 Å². The van der Waals surface area contributed by atoms with E-state index < -0.39 is 10.0 Å². The van der Waals surface area contributed by atoms with Crippen LogP contribution < -0.4 is 0 Å². The lowest BCUT2D eigenvalue weighted by Gasteiger charge is -2.21. The molecule has 1 aliphatic heterocycles. The summed E-state index contributed by atoms with van der Waals surface area (Å²) in [4.78, 5) is 0. The maximum absolute atomic E-state index is 12.1. The van der Waals surface area contributed by atoms with Crippen LogP contribution in [-0.4, -0.2) is 25.8 Å². The zero-order valence-electron chi connectivity index (χ0n) is 7.89. The van der Waals surface area contributed by atoms with Crippen molar-refractivity contribution in [1.29, 1.82) is 0 Å². The fourth-order valence-electron chi connectivity index (χ4n) is 1.40. The molecule has 15 heavy (non-hydrogen) atoms. The fraction of sp³-hybridized carbons (Fsp3) is 0.333. The lowest BCUT2D eigenvalue weighted by Crippen LogP contribution is -2.33. The van der Waals surface area contributed by atoms with E-state index in [0.29, 0.717) is 17.3 Å². The summed E-state index contributed by atoms with van der Waals surface area (Å²) >= 11 is 4.52. The highest BCUT2D eigenvalue weighted by molar-refractivity contribution is 9.11. The Bertz CT molecular complexity index is 478. The molecular formula is C9H10BrNO2S2. The minimum Gasteiger partial charge on any atom is -0.206 e. The van der Waals surface area contributed by atoms with Gasteiger partial charge in [0.15, 0.2) is 0 Å². The van der Waals surface area contributed by atoms with Crippen molar-refractivity contribution < 1.29 is 8.42 Å². The van der Waals surface area contributed by atoms with Crippen molar-refractivity contribution in [1.82, 2.24) is 4.31 Å². The van der Waals surface area contributed by atoms with E-state index in [9.17, 15) is 8.42 Å². The molecule has 0 fully saturated rings. The number of nitrogens with zero attached hydrogens (tertiary/aromatic N) is 1. The van der Waals surface area contributed by atoms with Gasteiger partial charge >= 0.3 is 0 Å². The van der Waals surface area contributed by atoms with Crippen molar-refractivity contribution in [3.8, 4) is 0 Å². The normalized spacial score (nSPS) is 18.2. The Balaban J connectivity index is 2.30. The lowest BCUT2D eigenvalue weighted by atomic mass is 10.3. The van der Waals surface area contributed by atoms with Crippen molar-refractivity contribution in [2.45, 2.75) is 10.6 Å². The van der Waals surface area contributed by atoms with Gasteiger partial charge in [0.2, 0.25) is 0 Å². The summed E-state index contributed by atoms with van der Waals surface area (Å²) in [6.45, 7) is 1.06. The largest absolute Gasteiger partial charge is 0.252 e. The van der Waals surface area contributed by atoms with Gasteiger partial charge in [0, 0.05) is 13.1 Å². The Morgan fingerprint density at radius 2 is 2.13 bits per heavy atom.